The SMILES string of the molecule is N#CC(C#N)=C/C=C/C1C2CC3CC(C2)CC1C3. The molecule has 4 rings (SSSR count). The molecule has 4 fully saturated rings. The second-order valence-corrected chi connectivity index (χ2v) is 6.20. The monoisotopic (exact) mass is 238 g/mol. The van der Waals surface area contributed by atoms with Crippen molar-refractivity contribution in [2.45, 2.75) is 32.1 Å². The Hall–Kier alpha value is -1.54. The zero-order valence-corrected chi connectivity index (χ0v) is 10.5. The van der Waals surface area contributed by atoms with Crippen LogP contribution < -0.4 is 0 Å². The summed E-state index contributed by atoms with van der Waals surface area (Å²) in [5.41, 5.74) is 0.204. The molecular weight excluding hydrogens is 220 g/mol. The molecule has 0 atom stereocenters. The summed E-state index contributed by atoms with van der Waals surface area (Å²) in [4.78, 5) is 0. The van der Waals surface area contributed by atoms with Crippen molar-refractivity contribution in [3.05, 3.63) is 23.8 Å². The zero-order valence-electron chi connectivity index (χ0n) is 10.5. The molecule has 0 radical (unpaired) electrons. The Balaban J connectivity index is 1.71. The predicted octanol–water partition coefficient (Wildman–Crippen LogP) is 3.59. The molecule has 2 nitrogen and oxygen atoms in total. The number of nitriles is 2. The highest BCUT2D eigenvalue weighted by atomic mass is 14.5. The average Bonchev–Trinajstić information content (AvgIpc) is 2.36. The second-order valence-electron chi connectivity index (χ2n) is 6.20. The molecule has 0 N–H and O–H groups in total. The standard InChI is InChI=1S/C16H18N2/c17-9-11(10-18)2-1-3-16-14-5-12-4-13(7-14)8-15(16)6-12/h1-3,12-16H,4-8H2/b3-1+. The van der Waals surface area contributed by atoms with Crippen LogP contribution in [0, 0.1) is 52.3 Å². The van der Waals surface area contributed by atoms with E-state index in [9.17, 15) is 0 Å². The highest BCUT2D eigenvalue weighted by Gasteiger charge is 2.46. The molecule has 0 aromatic heterocycles. The lowest BCUT2D eigenvalue weighted by molar-refractivity contribution is -0.0161. The fourth-order valence-corrected chi connectivity index (χ4v) is 4.66. The number of allylic oxidation sites excluding steroid dienone is 4. The van der Waals surface area contributed by atoms with Crippen molar-refractivity contribution < 1.29 is 0 Å². The van der Waals surface area contributed by atoms with Gasteiger partial charge in [0.15, 0.2) is 0 Å². The molecule has 4 bridgehead atoms. The molecule has 2 heteroatoms. The van der Waals surface area contributed by atoms with Crippen LogP contribution in [0.2, 0.25) is 0 Å². The smallest absolute Gasteiger partial charge is 0.129 e. The van der Waals surface area contributed by atoms with Gasteiger partial charge < -0.3 is 0 Å². The number of hydrogen-bond donors (Lipinski definition) is 0. The van der Waals surface area contributed by atoms with Crippen LogP contribution in [-0.2, 0) is 0 Å². The lowest BCUT2D eigenvalue weighted by atomic mass is 9.52. The third-order valence-electron chi connectivity index (χ3n) is 5.14. The van der Waals surface area contributed by atoms with Gasteiger partial charge in [0.25, 0.3) is 0 Å². The van der Waals surface area contributed by atoms with Gasteiger partial charge in [-0.2, -0.15) is 10.5 Å². The van der Waals surface area contributed by atoms with Gasteiger partial charge in [-0.05, 0) is 67.8 Å². The highest BCUT2D eigenvalue weighted by molar-refractivity contribution is 5.38. The highest BCUT2D eigenvalue weighted by Crippen LogP contribution is 2.56. The minimum absolute atomic E-state index is 0.204. The Kier molecular flexibility index (Phi) is 2.96. The lowest BCUT2D eigenvalue weighted by Gasteiger charge is -2.53. The van der Waals surface area contributed by atoms with Crippen LogP contribution in [0.3, 0.4) is 0 Å². The van der Waals surface area contributed by atoms with E-state index in [-0.39, 0.29) is 5.57 Å². The Bertz CT molecular complexity index is 428. The molecule has 4 aliphatic rings. The summed E-state index contributed by atoms with van der Waals surface area (Å²) < 4.78 is 0. The maximum Gasteiger partial charge on any atom is 0.129 e. The van der Waals surface area contributed by atoms with E-state index in [4.69, 9.17) is 10.5 Å². The van der Waals surface area contributed by atoms with E-state index >= 15 is 0 Å². The summed E-state index contributed by atoms with van der Waals surface area (Å²) in [6.45, 7) is 0. The first kappa shape index (κ1) is 11.5. The maximum absolute atomic E-state index is 8.69. The van der Waals surface area contributed by atoms with Gasteiger partial charge in [-0.1, -0.05) is 12.2 Å². The number of rotatable bonds is 2. The van der Waals surface area contributed by atoms with E-state index in [2.05, 4.69) is 6.08 Å². The van der Waals surface area contributed by atoms with Crippen molar-refractivity contribution >= 4 is 0 Å². The summed E-state index contributed by atoms with van der Waals surface area (Å²) in [5, 5.41) is 17.4. The quantitative estimate of drug-likeness (QED) is 0.545. The van der Waals surface area contributed by atoms with Crippen LogP contribution in [-0.4, -0.2) is 0 Å². The van der Waals surface area contributed by atoms with E-state index in [0.29, 0.717) is 5.92 Å². The molecule has 0 spiro atoms. The van der Waals surface area contributed by atoms with Gasteiger partial charge in [0.1, 0.15) is 17.7 Å². The molecule has 0 aromatic rings. The number of nitrogens with zero attached hydrogens (tertiary/aromatic N) is 2. The van der Waals surface area contributed by atoms with E-state index in [1.54, 1.807) is 6.08 Å². The Morgan fingerprint density at radius 1 is 0.889 bits per heavy atom. The van der Waals surface area contributed by atoms with Gasteiger partial charge in [0.05, 0.1) is 0 Å². The van der Waals surface area contributed by atoms with E-state index in [1.165, 1.54) is 32.1 Å². The first-order valence-corrected chi connectivity index (χ1v) is 6.99. The van der Waals surface area contributed by atoms with Crippen LogP contribution in [0.25, 0.3) is 0 Å². The van der Waals surface area contributed by atoms with Gasteiger partial charge in [-0.15, -0.1) is 0 Å². The molecule has 18 heavy (non-hydrogen) atoms. The van der Waals surface area contributed by atoms with Crippen molar-refractivity contribution in [1.29, 1.82) is 10.5 Å². The van der Waals surface area contributed by atoms with Gasteiger partial charge in [0.2, 0.25) is 0 Å². The van der Waals surface area contributed by atoms with Crippen LogP contribution in [0.1, 0.15) is 32.1 Å². The summed E-state index contributed by atoms with van der Waals surface area (Å²) in [6.07, 6.45) is 13.0. The molecule has 4 saturated carbocycles. The molecule has 0 amide bonds. The Morgan fingerprint density at radius 2 is 1.44 bits per heavy atom. The average molecular weight is 238 g/mol. The zero-order chi connectivity index (χ0) is 12.5. The third-order valence-corrected chi connectivity index (χ3v) is 5.14. The topological polar surface area (TPSA) is 47.6 Å². The fourth-order valence-electron chi connectivity index (χ4n) is 4.66. The lowest BCUT2D eigenvalue weighted by Crippen LogP contribution is -2.44. The van der Waals surface area contributed by atoms with Crippen molar-refractivity contribution in [2.75, 3.05) is 0 Å². The van der Waals surface area contributed by atoms with Crippen molar-refractivity contribution in [1.82, 2.24) is 0 Å². The van der Waals surface area contributed by atoms with Crippen LogP contribution in [0.4, 0.5) is 0 Å². The predicted molar refractivity (Wildman–Crippen MR) is 69.0 cm³/mol. The first-order chi connectivity index (χ1) is 8.80. The van der Waals surface area contributed by atoms with E-state index in [1.807, 2.05) is 18.2 Å². The molecule has 0 aromatic carbocycles. The van der Waals surface area contributed by atoms with Crippen molar-refractivity contribution in [3.8, 4) is 12.1 Å². The fraction of sp³-hybridized carbons (Fsp3) is 0.625. The summed E-state index contributed by atoms with van der Waals surface area (Å²) >= 11 is 0. The summed E-state index contributed by atoms with van der Waals surface area (Å²) in [6, 6.07) is 3.81. The summed E-state index contributed by atoms with van der Waals surface area (Å²) in [7, 11) is 0. The van der Waals surface area contributed by atoms with E-state index in [0.717, 1.165) is 23.7 Å². The first-order valence-electron chi connectivity index (χ1n) is 6.99. The minimum Gasteiger partial charge on any atom is -0.192 e. The largest absolute Gasteiger partial charge is 0.192 e. The maximum atomic E-state index is 8.69. The van der Waals surface area contributed by atoms with Gasteiger partial charge in [0, 0.05) is 0 Å². The normalized spacial score (nSPS) is 40.4. The molecule has 0 saturated heterocycles. The third kappa shape index (κ3) is 1.97. The molecule has 0 heterocycles. The Labute approximate surface area is 109 Å². The molecular formula is C16H18N2. The van der Waals surface area contributed by atoms with Crippen molar-refractivity contribution in [3.63, 3.8) is 0 Å². The van der Waals surface area contributed by atoms with Crippen LogP contribution in [0.5, 0.6) is 0 Å². The van der Waals surface area contributed by atoms with Gasteiger partial charge in [-0.25, -0.2) is 0 Å². The van der Waals surface area contributed by atoms with Crippen LogP contribution >= 0.6 is 0 Å². The molecule has 4 aliphatic carbocycles. The van der Waals surface area contributed by atoms with Crippen molar-refractivity contribution in [2.24, 2.45) is 29.6 Å². The van der Waals surface area contributed by atoms with Gasteiger partial charge >= 0.3 is 0 Å². The number of hydrogen-bond acceptors (Lipinski definition) is 2. The van der Waals surface area contributed by atoms with E-state index < -0.39 is 0 Å². The van der Waals surface area contributed by atoms with Crippen LogP contribution in [0.15, 0.2) is 23.8 Å². The molecule has 0 aliphatic heterocycles. The minimum atomic E-state index is 0.204. The molecule has 92 valence electrons. The van der Waals surface area contributed by atoms with Gasteiger partial charge in [-0.3, -0.25) is 0 Å². The Morgan fingerprint density at radius 3 is 1.94 bits per heavy atom. The molecule has 0 unspecified atom stereocenters. The summed E-state index contributed by atoms with van der Waals surface area (Å²) in [5.74, 6) is 4.45. The second kappa shape index (κ2) is 4.62.